The Morgan fingerprint density at radius 1 is 1.30 bits per heavy atom. The fraction of sp³-hybridized carbons (Fsp3) is 0.647. The summed E-state index contributed by atoms with van der Waals surface area (Å²) in [5.41, 5.74) is -0.549. The van der Waals surface area contributed by atoms with Crippen LogP contribution in [0.3, 0.4) is 0 Å². The molecule has 1 N–H and O–H groups in total. The van der Waals surface area contributed by atoms with Crippen molar-refractivity contribution in [2.45, 2.75) is 64.3 Å². The normalized spacial score (nSPS) is 22.6. The fourth-order valence-electron chi connectivity index (χ4n) is 2.83. The zero-order valence-electron chi connectivity index (χ0n) is 12.8. The molecule has 2 atom stereocenters. The average molecular weight is 279 g/mol. The third-order valence-electron chi connectivity index (χ3n) is 3.87. The molecule has 1 saturated heterocycles. The number of piperidine rings is 1. The highest BCUT2D eigenvalue weighted by molar-refractivity contribution is 5.31. The van der Waals surface area contributed by atoms with Crippen molar-refractivity contribution in [3.63, 3.8) is 0 Å². The average Bonchev–Trinajstić information content (AvgIpc) is 2.39. The SMILES string of the molecule is CC(C)Oc1ccc(C(C)(F)CC2CCCCN2)cc1. The van der Waals surface area contributed by atoms with E-state index in [0.29, 0.717) is 12.5 Å². The molecule has 0 radical (unpaired) electrons. The lowest BCUT2D eigenvalue weighted by Crippen LogP contribution is -2.38. The van der Waals surface area contributed by atoms with E-state index in [2.05, 4.69) is 5.32 Å². The van der Waals surface area contributed by atoms with E-state index in [0.717, 1.165) is 24.3 Å². The smallest absolute Gasteiger partial charge is 0.134 e. The van der Waals surface area contributed by atoms with Gasteiger partial charge in [0.1, 0.15) is 11.4 Å². The minimum absolute atomic E-state index is 0.143. The van der Waals surface area contributed by atoms with Gasteiger partial charge in [0, 0.05) is 12.5 Å². The molecule has 20 heavy (non-hydrogen) atoms. The maximum Gasteiger partial charge on any atom is 0.134 e. The highest BCUT2D eigenvalue weighted by Gasteiger charge is 2.30. The van der Waals surface area contributed by atoms with E-state index in [1.807, 2.05) is 38.1 Å². The second kappa shape index (κ2) is 6.57. The molecular formula is C17H26FNO. The molecule has 2 rings (SSSR count). The predicted molar refractivity (Wildman–Crippen MR) is 80.9 cm³/mol. The molecule has 1 aliphatic heterocycles. The number of benzene rings is 1. The summed E-state index contributed by atoms with van der Waals surface area (Å²) in [5.74, 6) is 0.801. The van der Waals surface area contributed by atoms with Gasteiger partial charge in [0.05, 0.1) is 6.10 Å². The van der Waals surface area contributed by atoms with E-state index >= 15 is 0 Å². The largest absolute Gasteiger partial charge is 0.491 e. The first-order valence-corrected chi connectivity index (χ1v) is 7.67. The van der Waals surface area contributed by atoms with Crippen LogP contribution < -0.4 is 10.1 Å². The van der Waals surface area contributed by atoms with Gasteiger partial charge in [0.25, 0.3) is 0 Å². The molecule has 112 valence electrons. The van der Waals surface area contributed by atoms with Crippen LogP contribution in [-0.2, 0) is 5.67 Å². The Morgan fingerprint density at radius 2 is 2.00 bits per heavy atom. The highest BCUT2D eigenvalue weighted by Crippen LogP contribution is 2.33. The summed E-state index contributed by atoms with van der Waals surface area (Å²) >= 11 is 0. The van der Waals surface area contributed by atoms with E-state index in [-0.39, 0.29) is 6.10 Å². The van der Waals surface area contributed by atoms with Crippen LogP contribution in [0.15, 0.2) is 24.3 Å². The summed E-state index contributed by atoms with van der Waals surface area (Å²) in [6.07, 6.45) is 4.17. The molecule has 0 aromatic heterocycles. The van der Waals surface area contributed by atoms with E-state index < -0.39 is 5.67 Å². The molecule has 0 spiro atoms. The van der Waals surface area contributed by atoms with Crippen LogP contribution >= 0.6 is 0 Å². The van der Waals surface area contributed by atoms with Crippen LogP contribution in [-0.4, -0.2) is 18.7 Å². The van der Waals surface area contributed by atoms with Crippen molar-refractivity contribution in [3.8, 4) is 5.75 Å². The molecule has 1 aromatic carbocycles. The summed E-state index contributed by atoms with van der Waals surface area (Å²) in [6.45, 7) is 6.67. The molecule has 1 aromatic rings. The molecule has 2 unspecified atom stereocenters. The topological polar surface area (TPSA) is 21.3 Å². The highest BCUT2D eigenvalue weighted by atomic mass is 19.1. The van der Waals surface area contributed by atoms with Crippen LogP contribution in [0.2, 0.25) is 0 Å². The lowest BCUT2D eigenvalue weighted by atomic mass is 9.88. The van der Waals surface area contributed by atoms with Crippen molar-refractivity contribution >= 4 is 0 Å². The van der Waals surface area contributed by atoms with Crippen molar-refractivity contribution in [2.24, 2.45) is 0 Å². The molecule has 2 nitrogen and oxygen atoms in total. The van der Waals surface area contributed by atoms with Gasteiger partial charge in [-0.1, -0.05) is 18.6 Å². The van der Waals surface area contributed by atoms with Crippen LogP contribution in [0.1, 0.15) is 52.0 Å². The molecule has 0 amide bonds. The van der Waals surface area contributed by atoms with Gasteiger partial charge < -0.3 is 10.1 Å². The Labute approximate surface area is 121 Å². The zero-order chi connectivity index (χ0) is 14.6. The summed E-state index contributed by atoms with van der Waals surface area (Å²) in [4.78, 5) is 0. The third-order valence-corrected chi connectivity index (χ3v) is 3.87. The Kier molecular flexibility index (Phi) is 5.03. The molecule has 1 aliphatic rings. The van der Waals surface area contributed by atoms with Crippen LogP contribution in [0.25, 0.3) is 0 Å². The van der Waals surface area contributed by atoms with Crippen molar-refractivity contribution in [2.75, 3.05) is 6.54 Å². The zero-order valence-corrected chi connectivity index (χ0v) is 12.8. The van der Waals surface area contributed by atoms with Crippen molar-refractivity contribution < 1.29 is 9.13 Å². The minimum Gasteiger partial charge on any atom is -0.491 e. The molecule has 1 fully saturated rings. The quantitative estimate of drug-likeness (QED) is 0.872. The van der Waals surface area contributed by atoms with Gasteiger partial charge in [0.2, 0.25) is 0 Å². The molecule has 1 heterocycles. The standard InChI is InChI=1S/C17H26FNO/c1-13(2)20-16-9-7-14(8-10-16)17(3,18)12-15-6-4-5-11-19-15/h7-10,13,15,19H,4-6,11-12H2,1-3H3. The molecular weight excluding hydrogens is 253 g/mol. The van der Waals surface area contributed by atoms with Gasteiger partial charge in [-0.2, -0.15) is 0 Å². The second-order valence-electron chi connectivity index (χ2n) is 6.24. The summed E-state index contributed by atoms with van der Waals surface area (Å²) in [6, 6.07) is 7.72. The van der Waals surface area contributed by atoms with Gasteiger partial charge in [0.15, 0.2) is 0 Å². The maximum absolute atomic E-state index is 14.9. The molecule has 3 heteroatoms. The van der Waals surface area contributed by atoms with E-state index in [1.54, 1.807) is 6.92 Å². The van der Waals surface area contributed by atoms with Gasteiger partial charge in [-0.15, -0.1) is 0 Å². The Morgan fingerprint density at radius 3 is 2.55 bits per heavy atom. The predicted octanol–water partition coefficient (Wildman–Crippen LogP) is 4.19. The molecule has 0 bridgehead atoms. The van der Waals surface area contributed by atoms with Gasteiger partial charge >= 0.3 is 0 Å². The number of rotatable bonds is 5. The van der Waals surface area contributed by atoms with E-state index in [4.69, 9.17) is 4.74 Å². The Balaban J connectivity index is 2.00. The lowest BCUT2D eigenvalue weighted by Gasteiger charge is -2.30. The first-order chi connectivity index (χ1) is 9.47. The minimum atomic E-state index is -1.29. The van der Waals surface area contributed by atoms with E-state index in [9.17, 15) is 4.39 Å². The number of hydrogen-bond donors (Lipinski definition) is 1. The van der Waals surface area contributed by atoms with Crippen molar-refractivity contribution in [1.29, 1.82) is 0 Å². The molecule has 0 aliphatic carbocycles. The first-order valence-electron chi connectivity index (χ1n) is 7.67. The Bertz CT molecular complexity index is 408. The second-order valence-corrected chi connectivity index (χ2v) is 6.24. The number of alkyl halides is 1. The number of hydrogen-bond acceptors (Lipinski definition) is 2. The van der Waals surface area contributed by atoms with Crippen LogP contribution in [0.4, 0.5) is 4.39 Å². The number of ether oxygens (including phenoxy) is 1. The number of nitrogens with one attached hydrogen (secondary N) is 1. The van der Waals surface area contributed by atoms with Gasteiger partial charge in [-0.05, 0) is 57.9 Å². The maximum atomic E-state index is 14.9. The van der Waals surface area contributed by atoms with Crippen LogP contribution in [0, 0.1) is 0 Å². The summed E-state index contributed by atoms with van der Waals surface area (Å²) < 4.78 is 20.5. The summed E-state index contributed by atoms with van der Waals surface area (Å²) in [5, 5.41) is 3.42. The van der Waals surface area contributed by atoms with Gasteiger partial charge in [-0.25, -0.2) is 4.39 Å². The Hall–Kier alpha value is -1.09. The summed E-state index contributed by atoms with van der Waals surface area (Å²) in [7, 11) is 0. The number of halogens is 1. The fourth-order valence-corrected chi connectivity index (χ4v) is 2.83. The lowest BCUT2D eigenvalue weighted by molar-refractivity contribution is 0.146. The third kappa shape index (κ3) is 4.20. The van der Waals surface area contributed by atoms with Crippen LogP contribution in [0.5, 0.6) is 5.75 Å². The van der Waals surface area contributed by atoms with E-state index in [1.165, 1.54) is 12.8 Å². The first kappa shape index (κ1) is 15.3. The van der Waals surface area contributed by atoms with Gasteiger partial charge in [-0.3, -0.25) is 0 Å². The van der Waals surface area contributed by atoms with Crippen molar-refractivity contribution in [1.82, 2.24) is 5.32 Å². The van der Waals surface area contributed by atoms with Crippen molar-refractivity contribution in [3.05, 3.63) is 29.8 Å². The molecule has 0 saturated carbocycles. The monoisotopic (exact) mass is 279 g/mol.